The first-order valence-electron chi connectivity index (χ1n) is 8.79. The summed E-state index contributed by atoms with van der Waals surface area (Å²) in [5.41, 5.74) is 3.65. The van der Waals surface area contributed by atoms with Gasteiger partial charge in [0.2, 0.25) is 5.28 Å². The molecule has 9 heteroatoms. The van der Waals surface area contributed by atoms with Crippen molar-refractivity contribution >= 4 is 62.5 Å². The van der Waals surface area contributed by atoms with Gasteiger partial charge in [-0.2, -0.15) is 4.98 Å². The minimum Gasteiger partial charge on any atom is -0.339 e. The van der Waals surface area contributed by atoms with Crippen LogP contribution in [0.25, 0.3) is 22.2 Å². The van der Waals surface area contributed by atoms with Crippen LogP contribution in [0.5, 0.6) is 0 Å². The summed E-state index contributed by atoms with van der Waals surface area (Å²) in [5.74, 6) is 0.516. The molecule has 4 rings (SSSR count). The molecule has 1 aromatic carbocycles. The van der Waals surface area contributed by atoms with Gasteiger partial charge >= 0.3 is 0 Å². The number of nitrogens with zero attached hydrogens (tertiary/aromatic N) is 4. The summed E-state index contributed by atoms with van der Waals surface area (Å²) in [5, 5.41) is 5.15. The summed E-state index contributed by atoms with van der Waals surface area (Å²) >= 11 is 9.35. The maximum Gasteiger partial charge on any atom is 0.224 e. The third-order valence-corrected chi connectivity index (χ3v) is 6.88. The number of rotatable bonds is 4. The minimum atomic E-state index is -2.60. The second-order valence-electron chi connectivity index (χ2n) is 7.07. The van der Waals surface area contributed by atoms with E-state index < -0.39 is 7.14 Å². The second-order valence-corrected chi connectivity index (χ2v) is 11.4. The van der Waals surface area contributed by atoms with Gasteiger partial charge in [-0.3, -0.25) is 0 Å². The van der Waals surface area contributed by atoms with Crippen LogP contribution < -0.4 is 10.6 Å². The fraction of sp³-hybridized carbons (Fsp3) is 0.150. The van der Waals surface area contributed by atoms with Crippen molar-refractivity contribution in [2.45, 2.75) is 0 Å². The zero-order valence-electron chi connectivity index (χ0n) is 16.0. The molecule has 0 bridgehead atoms. The van der Waals surface area contributed by atoms with Crippen molar-refractivity contribution < 1.29 is 4.57 Å². The maximum atomic E-state index is 13.1. The Morgan fingerprint density at radius 2 is 2.00 bits per heavy atom. The number of anilines is 2. The standard InChI is InChI=1S/C20H18BrClN5OP/c1-27-11-14(13-5-4-8-23-19(13)27)12-6-7-16(17(9-12)29(2,3)28)25-18-15(21)10-24-20(22)26-18/h4-11H,1-3H3,(H,24,25,26). The Balaban J connectivity index is 1.85. The fourth-order valence-electron chi connectivity index (χ4n) is 3.25. The Bertz CT molecular complexity index is 1280. The molecule has 0 saturated heterocycles. The molecule has 1 N–H and O–H groups in total. The lowest BCUT2D eigenvalue weighted by Gasteiger charge is -2.17. The summed E-state index contributed by atoms with van der Waals surface area (Å²) in [7, 11) is -0.628. The zero-order chi connectivity index (χ0) is 20.8. The molecule has 148 valence electrons. The molecule has 0 saturated carbocycles. The number of pyridine rings is 1. The van der Waals surface area contributed by atoms with E-state index in [9.17, 15) is 4.57 Å². The maximum absolute atomic E-state index is 13.1. The smallest absolute Gasteiger partial charge is 0.224 e. The van der Waals surface area contributed by atoms with Gasteiger partial charge in [-0.15, -0.1) is 0 Å². The molecule has 3 heterocycles. The number of fused-ring (bicyclic) bond motifs is 1. The average molecular weight is 491 g/mol. The van der Waals surface area contributed by atoms with E-state index >= 15 is 0 Å². The molecular weight excluding hydrogens is 473 g/mol. The van der Waals surface area contributed by atoms with Crippen LogP contribution in [-0.2, 0) is 11.6 Å². The number of hydrogen-bond donors (Lipinski definition) is 1. The van der Waals surface area contributed by atoms with E-state index in [0.29, 0.717) is 10.3 Å². The average Bonchev–Trinajstić information content (AvgIpc) is 3.01. The van der Waals surface area contributed by atoms with Crippen LogP contribution in [0.2, 0.25) is 5.28 Å². The molecular formula is C20H18BrClN5OP. The largest absolute Gasteiger partial charge is 0.339 e. The van der Waals surface area contributed by atoms with Crippen molar-refractivity contribution in [2.75, 3.05) is 18.6 Å². The van der Waals surface area contributed by atoms with Gasteiger partial charge < -0.3 is 14.4 Å². The molecule has 0 aliphatic carbocycles. The molecule has 4 aromatic rings. The Morgan fingerprint density at radius 3 is 2.76 bits per heavy atom. The van der Waals surface area contributed by atoms with Crippen molar-refractivity contribution in [1.82, 2.24) is 19.5 Å². The summed E-state index contributed by atoms with van der Waals surface area (Å²) in [6.45, 7) is 3.51. The van der Waals surface area contributed by atoms with Gasteiger partial charge in [-0.1, -0.05) is 6.07 Å². The van der Waals surface area contributed by atoms with Gasteiger partial charge in [0.15, 0.2) is 0 Å². The van der Waals surface area contributed by atoms with Crippen molar-refractivity contribution in [3.63, 3.8) is 0 Å². The topological polar surface area (TPSA) is 72.7 Å². The lowest BCUT2D eigenvalue weighted by atomic mass is 10.1. The molecule has 0 aliphatic rings. The van der Waals surface area contributed by atoms with Gasteiger partial charge in [-0.05, 0) is 70.7 Å². The normalized spacial score (nSPS) is 11.8. The number of aromatic nitrogens is 4. The highest BCUT2D eigenvalue weighted by atomic mass is 79.9. The van der Waals surface area contributed by atoms with Crippen molar-refractivity contribution in [3.05, 3.63) is 58.7 Å². The molecule has 0 fully saturated rings. The minimum absolute atomic E-state index is 0.133. The summed E-state index contributed by atoms with van der Waals surface area (Å²) < 4.78 is 15.8. The van der Waals surface area contributed by atoms with E-state index in [-0.39, 0.29) is 5.28 Å². The molecule has 0 radical (unpaired) electrons. The summed E-state index contributed by atoms with van der Waals surface area (Å²) in [6.07, 6.45) is 5.40. The van der Waals surface area contributed by atoms with Crippen LogP contribution >= 0.6 is 34.7 Å². The van der Waals surface area contributed by atoms with Crippen LogP contribution in [0.3, 0.4) is 0 Å². The third-order valence-electron chi connectivity index (χ3n) is 4.59. The first kappa shape index (κ1) is 20.1. The third kappa shape index (κ3) is 3.95. The molecule has 0 unspecified atom stereocenters. The molecule has 0 aliphatic heterocycles. The van der Waals surface area contributed by atoms with E-state index in [1.54, 1.807) is 25.7 Å². The molecule has 0 amide bonds. The number of benzene rings is 1. The molecule has 0 spiro atoms. The van der Waals surface area contributed by atoms with Gasteiger partial charge in [0.25, 0.3) is 0 Å². The lowest BCUT2D eigenvalue weighted by Crippen LogP contribution is -2.11. The first-order valence-corrected chi connectivity index (χ1v) is 12.6. The van der Waals surface area contributed by atoms with Gasteiger partial charge in [0, 0.05) is 41.9 Å². The Kier molecular flexibility index (Phi) is 5.23. The van der Waals surface area contributed by atoms with Crippen molar-refractivity contribution in [2.24, 2.45) is 7.05 Å². The van der Waals surface area contributed by atoms with Crippen LogP contribution in [0.1, 0.15) is 0 Å². The summed E-state index contributed by atoms with van der Waals surface area (Å²) in [6, 6.07) is 9.86. The highest BCUT2D eigenvalue weighted by molar-refractivity contribution is 9.10. The van der Waals surface area contributed by atoms with Crippen molar-refractivity contribution in [1.29, 1.82) is 0 Å². The van der Waals surface area contributed by atoms with Crippen molar-refractivity contribution in [3.8, 4) is 11.1 Å². The number of nitrogens with one attached hydrogen (secondary N) is 1. The zero-order valence-corrected chi connectivity index (χ0v) is 19.3. The number of aryl methyl sites for hydroxylation is 1. The highest BCUT2D eigenvalue weighted by Crippen LogP contribution is 2.41. The fourth-order valence-corrected chi connectivity index (χ4v) is 4.84. The molecule has 29 heavy (non-hydrogen) atoms. The first-order chi connectivity index (χ1) is 13.7. The van der Waals surface area contributed by atoms with Crippen LogP contribution in [-0.4, -0.2) is 32.8 Å². The van der Waals surface area contributed by atoms with E-state index in [2.05, 4.69) is 36.2 Å². The molecule has 6 nitrogen and oxygen atoms in total. The van der Waals surface area contributed by atoms with Gasteiger partial charge in [0.05, 0.1) is 10.2 Å². The van der Waals surface area contributed by atoms with E-state index in [0.717, 1.165) is 33.2 Å². The quantitative estimate of drug-likeness (QED) is 0.305. The molecule has 0 atom stereocenters. The summed E-state index contributed by atoms with van der Waals surface area (Å²) in [4.78, 5) is 12.6. The van der Waals surface area contributed by atoms with Gasteiger partial charge in [-0.25, -0.2) is 9.97 Å². The monoisotopic (exact) mass is 489 g/mol. The Hall–Kier alpha value is -2.21. The van der Waals surface area contributed by atoms with Crippen LogP contribution in [0.15, 0.2) is 53.4 Å². The van der Waals surface area contributed by atoms with E-state index in [4.69, 9.17) is 11.6 Å². The Labute approximate surface area is 181 Å². The van der Waals surface area contributed by atoms with Crippen LogP contribution in [0.4, 0.5) is 11.5 Å². The van der Waals surface area contributed by atoms with Crippen LogP contribution in [0, 0.1) is 0 Å². The van der Waals surface area contributed by atoms with E-state index in [1.165, 1.54) is 0 Å². The lowest BCUT2D eigenvalue weighted by molar-refractivity contribution is 0.588. The SMILES string of the molecule is Cn1cc(-c2ccc(Nc3nc(Cl)ncc3Br)c(P(C)(C)=O)c2)c2cccnc21. The predicted molar refractivity (Wildman–Crippen MR) is 123 cm³/mol. The second kappa shape index (κ2) is 7.56. The molecule has 3 aromatic heterocycles. The number of hydrogen-bond acceptors (Lipinski definition) is 5. The predicted octanol–water partition coefficient (Wildman–Crippen LogP) is 5.44. The van der Waals surface area contributed by atoms with Gasteiger partial charge in [0.1, 0.15) is 18.6 Å². The highest BCUT2D eigenvalue weighted by Gasteiger charge is 2.20. The Morgan fingerprint density at radius 1 is 1.21 bits per heavy atom. The van der Waals surface area contributed by atoms with E-state index in [1.807, 2.05) is 48.1 Å². The number of halogens is 2.